The van der Waals surface area contributed by atoms with Gasteiger partial charge in [0.15, 0.2) is 0 Å². The van der Waals surface area contributed by atoms with E-state index in [0.717, 1.165) is 5.56 Å². The zero-order chi connectivity index (χ0) is 17.1. The number of amides is 2. The standard InChI is InChI=1S/C17H20N2O5/c20-15-10-18(17(23)24-11-12-4-2-1-3-5-12)9-14-7-6-13(16(21)22)8-19(14)15/h1-5,13-14H,6-11H2,(H,21,22). The lowest BCUT2D eigenvalue weighted by Gasteiger charge is -2.44. The van der Waals surface area contributed by atoms with Crippen LogP contribution in [0.15, 0.2) is 30.3 Å². The first-order valence-corrected chi connectivity index (χ1v) is 8.02. The van der Waals surface area contributed by atoms with Crippen molar-refractivity contribution in [3.63, 3.8) is 0 Å². The number of piperidine rings is 1. The van der Waals surface area contributed by atoms with Gasteiger partial charge >= 0.3 is 12.1 Å². The quantitative estimate of drug-likeness (QED) is 0.902. The maximum atomic E-state index is 12.3. The Labute approximate surface area is 139 Å². The van der Waals surface area contributed by atoms with Crippen LogP contribution in [0.4, 0.5) is 4.79 Å². The number of hydrogen-bond donors (Lipinski definition) is 1. The fraction of sp³-hybridized carbons (Fsp3) is 0.471. The molecule has 2 aliphatic heterocycles. The maximum Gasteiger partial charge on any atom is 0.410 e. The van der Waals surface area contributed by atoms with Crippen molar-refractivity contribution in [2.75, 3.05) is 19.6 Å². The van der Waals surface area contributed by atoms with Crippen LogP contribution < -0.4 is 0 Å². The summed E-state index contributed by atoms with van der Waals surface area (Å²) in [6, 6.07) is 9.23. The third-order valence-electron chi connectivity index (χ3n) is 4.60. The van der Waals surface area contributed by atoms with E-state index < -0.39 is 18.0 Å². The topological polar surface area (TPSA) is 87.1 Å². The van der Waals surface area contributed by atoms with Crippen LogP contribution in [0.2, 0.25) is 0 Å². The summed E-state index contributed by atoms with van der Waals surface area (Å²) < 4.78 is 5.28. The van der Waals surface area contributed by atoms with Crippen LogP contribution in [0.3, 0.4) is 0 Å². The van der Waals surface area contributed by atoms with Crippen LogP contribution in [0, 0.1) is 5.92 Å². The number of piperazine rings is 1. The van der Waals surface area contributed by atoms with Crippen molar-refractivity contribution in [1.82, 2.24) is 9.80 Å². The van der Waals surface area contributed by atoms with Gasteiger partial charge in [-0.25, -0.2) is 4.79 Å². The van der Waals surface area contributed by atoms with Crippen LogP contribution in [-0.2, 0) is 20.9 Å². The fourth-order valence-electron chi connectivity index (χ4n) is 3.25. The molecule has 7 nitrogen and oxygen atoms in total. The first-order chi connectivity index (χ1) is 11.5. The number of carboxylic acid groups (broad SMARTS) is 1. The monoisotopic (exact) mass is 332 g/mol. The molecule has 7 heteroatoms. The van der Waals surface area contributed by atoms with Crippen LogP contribution >= 0.6 is 0 Å². The highest BCUT2D eigenvalue weighted by atomic mass is 16.6. The number of carboxylic acids is 1. The molecule has 1 N–H and O–H groups in total. The van der Waals surface area contributed by atoms with E-state index in [9.17, 15) is 14.4 Å². The number of aliphatic carboxylic acids is 1. The lowest BCUT2D eigenvalue weighted by molar-refractivity contribution is -0.150. The van der Waals surface area contributed by atoms with E-state index in [0.29, 0.717) is 19.4 Å². The summed E-state index contributed by atoms with van der Waals surface area (Å²) >= 11 is 0. The molecule has 24 heavy (non-hydrogen) atoms. The van der Waals surface area contributed by atoms with Gasteiger partial charge in [-0.05, 0) is 18.4 Å². The van der Waals surface area contributed by atoms with Gasteiger partial charge in [0.25, 0.3) is 0 Å². The van der Waals surface area contributed by atoms with Crippen LogP contribution in [-0.4, -0.2) is 58.6 Å². The van der Waals surface area contributed by atoms with Crippen molar-refractivity contribution in [2.45, 2.75) is 25.5 Å². The molecule has 0 radical (unpaired) electrons. The lowest BCUT2D eigenvalue weighted by atomic mass is 9.91. The van der Waals surface area contributed by atoms with Crippen molar-refractivity contribution < 1.29 is 24.2 Å². The van der Waals surface area contributed by atoms with Gasteiger partial charge in [-0.2, -0.15) is 0 Å². The number of carbonyl (C=O) groups excluding carboxylic acids is 2. The average Bonchev–Trinajstić information content (AvgIpc) is 2.60. The second kappa shape index (κ2) is 6.90. The summed E-state index contributed by atoms with van der Waals surface area (Å²) in [4.78, 5) is 38.6. The normalized spacial score (nSPS) is 23.6. The number of ether oxygens (including phenoxy) is 1. The molecule has 2 fully saturated rings. The highest BCUT2D eigenvalue weighted by Gasteiger charge is 2.40. The van der Waals surface area contributed by atoms with Crippen molar-refractivity contribution >= 4 is 18.0 Å². The minimum atomic E-state index is -0.869. The van der Waals surface area contributed by atoms with E-state index in [1.165, 1.54) is 4.90 Å². The van der Waals surface area contributed by atoms with Gasteiger partial charge in [-0.15, -0.1) is 0 Å². The average molecular weight is 332 g/mol. The van der Waals surface area contributed by atoms with E-state index in [1.807, 2.05) is 30.3 Å². The van der Waals surface area contributed by atoms with Gasteiger partial charge in [-0.3, -0.25) is 14.5 Å². The minimum Gasteiger partial charge on any atom is -0.481 e. The number of fused-ring (bicyclic) bond motifs is 1. The fourth-order valence-corrected chi connectivity index (χ4v) is 3.25. The molecule has 0 bridgehead atoms. The second-order valence-corrected chi connectivity index (χ2v) is 6.23. The highest BCUT2D eigenvalue weighted by molar-refractivity contribution is 5.84. The molecule has 1 aromatic carbocycles. The zero-order valence-corrected chi connectivity index (χ0v) is 13.3. The molecule has 0 aromatic heterocycles. The summed E-state index contributed by atoms with van der Waals surface area (Å²) in [7, 11) is 0. The molecule has 2 heterocycles. The van der Waals surface area contributed by atoms with Gasteiger partial charge in [-0.1, -0.05) is 30.3 Å². The SMILES string of the molecule is O=C(O)C1CCC2CN(C(=O)OCc3ccccc3)CC(=O)N2C1. The van der Waals surface area contributed by atoms with Gasteiger partial charge in [0.1, 0.15) is 13.2 Å². The maximum absolute atomic E-state index is 12.3. The molecule has 2 unspecified atom stereocenters. The Bertz CT molecular complexity index is 633. The van der Waals surface area contributed by atoms with Crippen LogP contribution in [0.25, 0.3) is 0 Å². The predicted octanol–water partition coefficient (Wildman–Crippen LogP) is 1.33. The molecule has 0 spiro atoms. The molecule has 2 aliphatic rings. The van der Waals surface area contributed by atoms with E-state index in [1.54, 1.807) is 4.90 Å². The van der Waals surface area contributed by atoms with Crippen LogP contribution in [0.5, 0.6) is 0 Å². The Kier molecular flexibility index (Phi) is 4.69. The summed E-state index contributed by atoms with van der Waals surface area (Å²) in [6.07, 6.45) is 0.606. The van der Waals surface area contributed by atoms with Gasteiger partial charge < -0.3 is 14.7 Å². The Hall–Kier alpha value is -2.57. The minimum absolute atomic E-state index is 0.0591. The number of hydrogen-bond acceptors (Lipinski definition) is 4. The predicted molar refractivity (Wildman–Crippen MR) is 84.1 cm³/mol. The van der Waals surface area contributed by atoms with E-state index in [2.05, 4.69) is 0 Å². The summed E-state index contributed by atoms with van der Waals surface area (Å²) in [5, 5.41) is 9.11. The molecule has 3 rings (SSSR count). The Morgan fingerprint density at radius 1 is 1.17 bits per heavy atom. The summed E-state index contributed by atoms with van der Waals surface area (Å²) in [6.45, 7) is 0.730. The number of carbonyl (C=O) groups is 3. The van der Waals surface area contributed by atoms with E-state index >= 15 is 0 Å². The highest BCUT2D eigenvalue weighted by Crippen LogP contribution is 2.26. The molecule has 0 saturated carbocycles. The van der Waals surface area contributed by atoms with Crippen molar-refractivity contribution in [1.29, 1.82) is 0 Å². The van der Waals surface area contributed by atoms with Crippen LogP contribution in [0.1, 0.15) is 18.4 Å². The third-order valence-corrected chi connectivity index (χ3v) is 4.60. The van der Waals surface area contributed by atoms with Crippen molar-refractivity contribution in [2.24, 2.45) is 5.92 Å². The molecule has 2 atom stereocenters. The van der Waals surface area contributed by atoms with Gasteiger partial charge in [0.05, 0.1) is 5.92 Å². The Morgan fingerprint density at radius 2 is 1.92 bits per heavy atom. The first kappa shape index (κ1) is 16.3. The first-order valence-electron chi connectivity index (χ1n) is 8.02. The molecule has 2 saturated heterocycles. The smallest absolute Gasteiger partial charge is 0.410 e. The van der Waals surface area contributed by atoms with Crippen molar-refractivity contribution in [3.05, 3.63) is 35.9 Å². The molecule has 1 aromatic rings. The number of benzene rings is 1. The van der Waals surface area contributed by atoms with Crippen molar-refractivity contribution in [3.8, 4) is 0 Å². The van der Waals surface area contributed by atoms with Gasteiger partial charge in [0.2, 0.25) is 5.91 Å². The largest absolute Gasteiger partial charge is 0.481 e. The van der Waals surface area contributed by atoms with E-state index in [4.69, 9.17) is 9.84 Å². The van der Waals surface area contributed by atoms with E-state index in [-0.39, 0.29) is 31.6 Å². The molecule has 128 valence electrons. The molecular weight excluding hydrogens is 312 g/mol. The molecule has 0 aliphatic carbocycles. The summed E-state index contributed by atoms with van der Waals surface area (Å²) in [5.74, 6) is -1.60. The Balaban J connectivity index is 1.56. The number of rotatable bonds is 3. The Morgan fingerprint density at radius 3 is 2.62 bits per heavy atom. The molecule has 2 amide bonds. The lowest BCUT2D eigenvalue weighted by Crippen LogP contribution is -2.61. The third kappa shape index (κ3) is 3.50. The van der Waals surface area contributed by atoms with Gasteiger partial charge in [0, 0.05) is 19.1 Å². The number of nitrogens with zero attached hydrogens (tertiary/aromatic N) is 2. The second-order valence-electron chi connectivity index (χ2n) is 6.23. The zero-order valence-electron chi connectivity index (χ0n) is 13.3. The molecular formula is C17H20N2O5. The summed E-state index contributed by atoms with van der Waals surface area (Å²) in [5.41, 5.74) is 0.887.